The Kier molecular flexibility index (Phi) is 2.68. The Morgan fingerprint density at radius 1 is 1.64 bits per heavy atom. The van der Waals surface area contributed by atoms with E-state index in [-0.39, 0.29) is 5.78 Å². The van der Waals surface area contributed by atoms with Gasteiger partial charge in [0.1, 0.15) is 0 Å². The molecule has 1 nitrogen and oxygen atoms in total. The van der Waals surface area contributed by atoms with E-state index in [1.807, 2.05) is 19.1 Å². The van der Waals surface area contributed by atoms with Gasteiger partial charge in [0.2, 0.25) is 0 Å². The molecule has 1 heterocycles. The third-order valence-corrected chi connectivity index (χ3v) is 2.56. The molecular weight excluding hydrogens is 180 g/mol. The van der Waals surface area contributed by atoms with E-state index in [0.29, 0.717) is 0 Å². The van der Waals surface area contributed by atoms with Crippen molar-refractivity contribution in [2.45, 2.75) is 19.2 Å². The van der Waals surface area contributed by atoms with Crippen LogP contribution >= 0.6 is 22.9 Å². The third-order valence-electron chi connectivity index (χ3n) is 1.34. The molecular formula is C8H9ClOS. The summed E-state index contributed by atoms with van der Waals surface area (Å²) < 4.78 is 0. The lowest BCUT2D eigenvalue weighted by Gasteiger charge is -1.96. The highest BCUT2D eigenvalue weighted by molar-refractivity contribution is 7.14. The van der Waals surface area contributed by atoms with Crippen molar-refractivity contribution in [2.24, 2.45) is 0 Å². The molecule has 0 fully saturated rings. The second-order valence-electron chi connectivity index (χ2n) is 2.39. The Hall–Kier alpha value is -0.340. The zero-order valence-electron chi connectivity index (χ0n) is 6.43. The van der Waals surface area contributed by atoms with Gasteiger partial charge in [0.15, 0.2) is 5.78 Å². The maximum Gasteiger partial charge on any atom is 0.190 e. The number of hydrogen-bond acceptors (Lipinski definition) is 2. The molecule has 0 N–H and O–H groups in total. The molecule has 1 unspecified atom stereocenters. The highest BCUT2D eigenvalue weighted by Gasteiger charge is 2.13. The van der Waals surface area contributed by atoms with Crippen LogP contribution < -0.4 is 0 Å². The second kappa shape index (κ2) is 3.37. The number of halogens is 1. The van der Waals surface area contributed by atoms with Gasteiger partial charge in [-0.15, -0.1) is 22.9 Å². The summed E-state index contributed by atoms with van der Waals surface area (Å²) in [4.78, 5) is 13.1. The molecule has 3 heteroatoms. The SMILES string of the molecule is Cc1ccc(C(=O)C(C)Cl)s1. The maximum atomic E-state index is 11.2. The summed E-state index contributed by atoms with van der Waals surface area (Å²) in [5.41, 5.74) is 0. The van der Waals surface area contributed by atoms with Crippen LogP contribution in [0, 0.1) is 6.92 Å². The van der Waals surface area contributed by atoms with Crippen LogP contribution in [0.1, 0.15) is 21.5 Å². The number of carbonyl (C=O) groups excluding carboxylic acids is 1. The largest absolute Gasteiger partial charge is 0.292 e. The number of ketones is 1. The van der Waals surface area contributed by atoms with Crippen LogP contribution in [0.5, 0.6) is 0 Å². The summed E-state index contributed by atoms with van der Waals surface area (Å²) in [6, 6.07) is 3.75. The first-order valence-corrected chi connectivity index (χ1v) is 4.61. The topological polar surface area (TPSA) is 17.1 Å². The van der Waals surface area contributed by atoms with Gasteiger partial charge in [0.05, 0.1) is 10.3 Å². The average Bonchev–Trinajstić information content (AvgIpc) is 2.34. The normalized spacial score (nSPS) is 13.0. The van der Waals surface area contributed by atoms with E-state index >= 15 is 0 Å². The minimum atomic E-state index is -0.409. The predicted octanol–water partition coefficient (Wildman–Crippen LogP) is 2.87. The maximum absolute atomic E-state index is 11.2. The molecule has 0 aliphatic heterocycles. The van der Waals surface area contributed by atoms with Crippen molar-refractivity contribution in [1.29, 1.82) is 0 Å². The Morgan fingerprint density at radius 2 is 2.27 bits per heavy atom. The van der Waals surface area contributed by atoms with Gasteiger partial charge in [-0.3, -0.25) is 4.79 Å². The van der Waals surface area contributed by atoms with Crippen molar-refractivity contribution in [3.8, 4) is 0 Å². The van der Waals surface area contributed by atoms with Gasteiger partial charge in [-0.25, -0.2) is 0 Å². The monoisotopic (exact) mass is 188 g/mol. The van der Waals surface area contributed by atoms with E-state index in [9.17, 15) is 4.79 Å². The summed E-state index contributed by atoms with van der Waals surface area (Å²) in [7, 11) is 0. The highest BCUT2D eigenvalue weighted by Crippen LogP contribution is 2.18. The molecule has 0 bridgehead atoms. The van der Waals surface area contributed by atoms with Crippen LogP contribution in [-0.4, -0.2) is 11.2 Å². The van der Waals surface area contributed by atoms with Crippen LogP contribution in [-0.2, 0) is 0 Å². The molecule has 0 saturated carbocycles. The molecule has 0 saturated heterocycles. The smallest absolute Gasteiger partial charge is 0.190 e. The lowest BCUT2D eigenvalue weighted by atomic mass is 10.2. The molecule has 0 spiro atoms. The minimum absolute atomic E-state index is 0.0183. The third kappa shape index (κ3) is 2.04. The van der Waals surface area contributed by atoms with Crippen LogP contribution in [0.2, 0.25) is 0 Å². The fourth-order valence-corrected chi connectivity index (χ4v) is 1.84. The number of alkyl halides is 1. The summed E-state index contributed by atoms with van der Waals surface area (Å²) >= 11 is 7.12. The number of aryl methyl sites for hydroxylation is 1. The fraction of sp³-hybridized carbons (Fsp3) is 0.375. The summed E-state index contributed by atoms with van der Waals surface area (Å²) in [5.74, 6) is 0.0183. The quantitative estimate of drug-likeness (QED) is 0.515. The number of rotatable bonds is 2. The number of hydrogen-bond donors (Lipinski definition) is 0. The number of carbonyl (C=O) groups is 1. The molecule has 1 aromatic heterocycles. The average molecular weight is 189 g/mol. The molecule has 1 atom stereocenters. The lowest BCUT2D eigenvalue weighted by Crippen LogP contribution is -2.07. The van der Waals surface area contributed by atoms with Crippen LogP contribution in [0.3, 0.4) is 0 Å². The highest BCUT2D eigenvalue weighted by atomic mass is 35.5. The predicted molar refractivity (Wildman–Crippen MR) is 48.7 cm³/mol. The van der Waals surface area contributed by atoms with E-state index in [1.165, 1.54) is 11.3 Å². The van der Waals surface area contributed by atoms with Crippen molar-refractivity contribution in [1.82, 2.24) is 0 Å². The molecule has 0 amide bonds. The van der Waals surface area contributed by atoms with Gasteiger partial charge in [0, 0.05) is 4.88 Å². The van der Waals surface area contributed by atoms with E-state index in [2.05, 4.69) is 0 Å². The van der Waals surface area contributed by atoms with Gasteiger partial charge >= 0.3 is 0 Å². The standard InChI is InChI=1S/C8H9ClOS/c1-5-3-4-7(11-5)8(10)6(2)9/h3-4,6H,1-2H3. The van der Waals surface area contributed by atoms with Gasteiger partial charge in [0.25, 0.3) is 0 Å². The van der Waals surface area contributed by atoms with E-state index in [1.54, 1.807) is 6.92 Å². The number of thiophene rings is 1. The molecule has 0 radical (unpaired) electrons. The second-order valence-corrected chi connectivity index (χ2v) is 4.33. The molecule has 60 valence electrons. The molecule has 0 aliphatic rings. The van der Waals surface area contributed by atoms with Crippen molar-refractivity contribution in [3.05, 3.63) is 21.9 Å². The zero-order valence-corrected chi connectivity index (χ0v) is 8.00. The van der Waals surface area contributed by atoms with Gasteiger partial charge in [-0.05, 0) is 26.0 Å². The van der Waals surface area contributed by atoms with Crippen molar-refractivity contribution < 1.29 is 4.79 Å². The van der Waals surface area contributed by atoms with E-state index in [4.69, 9.17) is 11.6 Å². The minimum Gasteiger partial charge on any atom is -0.292 e. The molecule has 0 aliphatic carbocycles. The first-order chi connectivity index (χ1) is 5.11. The Bertz CT molecular complexity index is 265. The molecule has 1 rings (SSSR count). The van der Waals surface area contributed by atoms with E-state index < -0.39 is 5.38 Å². The van der Waals surface area contributed by atoms with Gasteiger partial charge < -0.3 is 0 Å². The van der Waals surface area contributed by atoms with Gasteiger partial charge in [-0.2, -0.15) is 0 Å². The van der Waals surface area contributed by atoms with E-state index in [0.717, 1.165) is 9.75 Å². The van der Waals surface area contributed by atoms with Crippen LogP contribution in [0.15, 0.2) is 12.1 Å². The zero-order chi connectivity index (χ0) is 8.43. The summed E-state index contributed by atoms with van der Waals surface area (Å²) in [5, 5.41) is -0.409. The van der Waals surface area contributed by atoms with Crippen LogP contribution in [0.4, 0.5) is 0 Å². The lowest BCUT2D eigenvalue weighted by molar-refractivity contribution is 0.0995. The first kappa shape index (κ1) is 8.75. The first-order valence-electron chi connectivity index (χ1n) is 3.36. The van der Waals surface area contributed by atoms with Crippen molar-refractivity contribution in [2.75, 3.05) is 0 Å². The summed E-state index contributed by atoms with van der Waals surface area (Å²) in [6.45, 7) is 3.67. The van der Waals surface area contributed by atoms with Crippen LogP contribution in [0.25, 0.3) is 0 Å². The fourth-order valence-electron chi connectivity index (χ4n) is 0.763. The molecule has 11 heavy (non-hydrogen) atoms. The Labute approximate surface area is 75.0 Å². The molecule has 0 aromatic carbocycles. The van der Waals surface area contributed by atoms with Crippen molar-refractivity contribution >= 4 is 28.7 Å². The van der Waals surface area contributed by atoms with Gasteiger partial charge in [-0.1, -0.05) is 0 Å². The Balaban J connectivity index is 2.85. The number of Topliss-reactive ketones (excluding diaryl/α,β-unsaturated/α-hetero) is 1. The molecule has 1 aromatic rings. The van der Waals surface area contributed by atoms with Crippen molar-refractivity contribution in [3.63, 3.8) is 0 Å². The Morgan fingerprint density at radius 3 is 2.64 bits per heavy atom. The summed E-state index contributed by atoms with van der Waals surface area (Å²) in [6.07, 6.45) is 0.